The zero-order valence-corrected chi connectivity index (χ0v) is 13.0. The summed E-state index contributed by atoms with van der Waals surface area (Å²) in [5.74, 6) is -0.107. The second-order valence-corrected chi connectivity index (χ2v) is 5.05. The quantitative estimate of drug-likeness (QED) is 0.793. The first-order chi connectivity index (χ1) is 10.0. The van der Waals surface area contributed by atoms with Gasteiger partial charge in [0.1, 0.15) is 0 Å². The molecule has 0 spiro atoms. The summed E-state index contributed by atoms with van der Waals surface area (Å²) in [6.07, 6.45) is 0. The molecule has 1 unspecified atom stereocenters. The van der Waals surface area contributed by atoms with Crippen LogP contribution in [0, 0.1) is 0 Å². The highest BCUT2D eigenvalue weighted by Crippen LogP contribution is 2.18. The van der Waals surface area contributed by atoms with Crippen LogP contribution in [0.15, 0.2) is 24.3 Å². The van der Waals surface area contributed by atoms with Crippen LogP contribution in [0.3, 0.4) is 0 Å². The van der Waals surface area contributed by atoms with Crippen LogP contribution in [0.4, 0.5) is 0 Å². The minimum Gasteiger partial charge on any atom is -0.293 e. The second-order valence-electron chi connectivity index (χ2n) is 5.05. The number of likely N-dealkylation sites (N-methyl/N-ethyl adjacent to an activating group) is 1. The molecule has 0 bridgehead atoms. The number of carbonyl (C=O) groups is 2. The highest BCUT2D eigenvalue weighted by Gasteiger charge is 2.26. The number of nitrogens with zero attached hydrogens (tertiary/aromatic N) is 3. The first kappa shape index (κ1) is 15.4. The molecular formula is C16H21N3O2. The maximum atomic E-state index is 12.8. The molecule has 2 rings (SSSR count). The van der Waals surface area contributed by atoms with Crippen LogP contribution in [0.25, 0.3) is 11.0 Å². The zero-order chi connectivity index (χ0) is 15.6. The van der Waals surface area contributed by atoms with Crippen LogP contribution in [0.2, 0.25) is 0 Å². The molecule has 0 aliphatic rings. The Balaban J connectivity index is 2.56. The van der Waals surface area contributed by atoms with Crippen LogP contribution >= 0.6 is 0 Å². The van der Waals surface area contributed by atoms with Crippen molar-refractivity contribution in [3.8, 4) is 0 Å². The molecule has 0 saturated heterocycles. The van der Waals surface area contributed by atoms with Crippen molar-refractivity contribution in [3.63, 3.8) is 0 Å². The van der Waals surface area contributed by atoms with Gasteiger partial charge in [-0.1, -0.05) is 26.0 Å². The van der Waals surface area contributed by atoms with Gasteiger partial charge >= 0.3 is 0 Å². The van der Waals surface area contributed by atoms with Gasteiger partial charge in [0.25, 0.3) is 0 Å². The summed E-state index contributed by atoms with van der Waals surface area (Å²) < 4.78 is 1.46. The maximum absolute atomic E-state index is 12.8. The van der Waals surface area contributed by atoms with Gasteiger partial charge in [-0.15, -0.1) is 0 Å². The molecule has 0 saturated carbocycles. The van der Waals surface area contributed by atoms with Crippen molar-refractivity contribution < 1.29 is 9.59 Å². The summed E-state index contributed by atoms with van der Waals surface area (Å²) in [6, 6.07) is 7.03. The van der Waals surface area contributed by atoms with Gasteiger partial charge in [0.2, 0.25) is 5.91 Å². The fourth-order valence-electron chi connectivity index (χ4n) is 2.60. The highest BCUT2D eigenvalue weighted by molar-refractivity contribution is 6.02. The number of carbonyl (C=O) groups excluding carboxylic acids is 2. The van der Waals surface area contributed by atoms with Crippen molar-refractivity contribution >= 4 is 22.7 Å². The molecule has 2 aromatic rings. The van der Waals surface area contributed by atoms with Gasteiger partial charge in [-0.2, -0.15) is 0 Å². The van der Waals surface area contributed by atoms with E-state index in [-0.39, 0.29) is 23.6 Å². The SMILES string of the molecule is CCN(CC)C(C)C(=O)n1c(C(C)=O)nc2ccccc21. The van der Waals surface area contributed by atoms with E-state index < -0.39 is 0 Å². The summed E-state index contributed by atoms with van der Waals surface area (Å²) >= 11 is 0. The summed E-state index contributed by atoms with van der Waals surface area (Å²) in [5.41, 5.74) is 1.36. The van der Waals surface area contributed by atoms with Gasteiger partial charge in [-0.05, 0) is 32.1 Å². The van der Waals surface area contributed by atoms with Crippen LogP contribution in [-0.4, -0.2) is 45.3 Å². The molecule has 1 aromatic carbocycles. The van der Waals surface area contributed by atoms with Gasteiger partial charge < -0.3 is 0 Å². The standard InChI is InChI=1S/C16H21N3O2/c1-5-18(6-2)11(3)16(21)19-14-10-8-7-9-13(14)17-15(19)12(4)20/h7-11H,5-6H2,1-4H3. The Morgan fingerprint density at radius 1 is 1.24 bits per heavy atom. The fourth-order valence-corrected chi connectivity index (χ4v) is 2.60. The minimum atomic E-state index is -0.296. The van der Waals surface area contributed by atoms with Crippen molar-refractivity contribution in [1.29, 1.82) is 0 Å². The van der Waals surface area contributed by atoms with Gasteiger partial charge in [0.05, 0.1) is 17.1 Å². The Kier molecular flexibility index (Phi) is 4.53. The molecule has 0 N–H and O–H groups in total. The summed E-state index contributed by atoms with van der Waals surface area (Å²) in [5, 5.41) is 0. The molecule has 1 aromatic heterocycles. The monoisotopic (exact) mass is 287 g/mol. The molecule has 1 heterocycles. The number of ketones is 1. The van der Waals surface area contributed by atoms with E-state index in [1.165, 1.54) is 11.5 Å². The molecule has 0 radical (unpaired) electrons. The number of benzene rings is 1. The molecule has 5 heteroatoms. The van der Waals surface area contributed by atoms with Gasteiger partial charge in [-0.3, -0.25) is 19.1 Å². The van der Waals surface area contributed by atoms with E-state index in [2.05, 4.69) is 9.88 Å². The number of para-hydroxylation sites is 2. The predicted molar refractivity (Wildman–Crippen MR) is 82.7 cm³/mol. The normalized spacial score (nSPS) is 12.8. The lowest BCUT2D eigenvalue weighted by atomic mass is 10.2. The smallest absolute Gasteiger partial charge is 0.249 e. The van der Waals surface area contributed by atoms with Crippen molar-refractivity contribution in [1.82, 2.24) is 14.5 Å². The summed E-state index contributed by atoms with van der Waals surface area (Å²) in [4.78, 5) is 31.0. The Hall–Kier alpha value is -2.01. The van der Waals surface area contributed by atoms with Crippen molar-refractivity contribution in [3.05, 3.63) is 30.1 Å². The topological polar surface area (TPSA) is 55.2 Å². The third-order valence-electron chi connectivity index (χ3n) is 3.81. The van der Waals surface area contributed by atoms with Gasteiger partial charge in [0.15, 0.2) is 11.6 Å². The lowest BCUT2D eigenvalue weighted by Gasteiger charge is -2.25. The fraction of sp³-hybridized carbons (Fsp3) is 0.438. The average Bonchev–Trinajstić information content (AvgIpc) is 2.87. The van der Waals surface area contributed by atoms with E-state index in [0.29, 0.717) is 11.0 Å². The van der Waals surface area contributed by atoms with Gasteiger partial charge in [0, 0.05) is 6.92 Å². The number of rotatable bonds is 5. The first-order valence-corrected chi connectivity index (χ1v) is 7.27. The largest absolute Gasteiger partial charge is 0.293 e. The lowest BCUT2D eigenvalue weighted by Crippen LogP contribution is -2.41. The van der Waals surface area contributed by atoms with Crippen LogP contribution < -0.4 is 0 Å². The van der Waals surface area contributed by atoms with E-state index in [1.807, 2.05) is 45.0 Å². The third-order valence-corrected chi connectivity index (χ3v) is 3.81. The molecule has 0 aliphatic carbocycles. The van der Waals surface area contributed by atoms with E-state index >= 15 is 0 Å². The van der Waals surface area contributed by atoms with Crippen molar-refractivity contribution in [2.75, 3.05) is 13.1 Å². The Morgan fingerprint density at radius 2 is 1.86 bits per heavy atom. The lowest BCUT2D eigenvalue weighted by molar-refractivity contribution is 0.0756. The number of hydrogen-bond acceptors (Lipinski definition) is 4. The third kappa shape index (κ3) is 2.74. The Morgan fingerprint density at radius 3 is 2.43 bits per heavy atom. The molecule has 112 valence electrons. The minimum absolute atomic E-state index is 0.113. The Bertz CT molecular complexity index is 671. The predicted octanol–water partition coefficient (Wildman–Crippen LogP) is 2.61. The second kappa shape index (κ2) is 6.18. The summed E-state index contributed by atoms with van der Waals surface area (Å²) in [7, 11) is 0. The number of imidazole rings is 1. The van der Waals surface area contributed by atoms with Gasteiger partial charge in [-0.25, -0.2) is 4.98 Å². The van der Waals surface area contributed by atoms with Crippen molar-refractivity contribution in [2.45, 2.75) is 33.7 Å². The number of aromatic nitrogens is 2. The number of Topliss-reactive ketones (excluding diaryl/α,β-unsaturated/α-hetero) is 1. The van der Waals surface area contributed by atoms with E-state index in [4.69, 9.17) is 0 Å². The molecule has 0 amide bonds. The first-order valence-electron chi connectivity index (χ1n) is 7.27. The van der Waals surface area contributed by atoms with Crippen LogP contribution in [0.5, 0.6) is 0 Å². The molecule has 1 atom stereocenters. The van der Waals surface area contributed by atoms with E-state index in [9.17, 15) is 9.59 Å². The van der Waals surface area contributed by atoms with Crippen molar-refractivity contribution in [2.24, 2.45) is 0 Å². The van der Waals surface area contributed by atoms with E-state index in [1.54, 1.807) is 0 Å². The molecule has 0 fully saturated rings. The molecule has 0 aliphatic heterocycles. The average molecular weight is 287 g/mol. The number of hydrogen-bond donors (Lipinski definition) is 0. The Labute approximate surface area is 124 Å². The maximum Gasteiger partial charge on any atom is 0.249 e. The molecule has 5 nitrogen and oxygen atoms in total. The van der Waals surface area contributed by atoms with Crippen LogP contribution in [0.1, 0.15) is 43.1 Å². The van der Waals surface area contributed by atoms with E-state index in [0.717, 1.165) is 13.1 Å². The highest BCUT2D eigenvalue weighted by atomic mass is 16.2. The summed E-state index contributed by atoms with van der Waals surface area (Å²) in [6.45, 7) is 8.91. The molecular weight excluding hydrogens is 266 g/mol. The van der Waals surface area contributed by atoms with Crippen LogP contribution in [-0.2, 0) is 0 Å². The number of fused-ring (bicyclic) bond motifs is 1. The zero-order valence-electron chi connectivity index (χ0n) is 13.0. The molecule has 21 heavy (non-hydrogen) atoms.